The fraction of sp³-hybridized carbons (Fsp3) is 0.481. The van der Waals surface area contributed by atoms with E-state index in [0.717, 1.165) is 0 Å². The van der Waals surface area contributed by atoms with Crippen LogP contribution in [0.2, 0.25) is 10.0 Å². The van der Waals surface area contributed by atoms with Crippen molar-refractivity contribution in [2.45, 2.75) is 77.0 Å². The van der Waals surface area contributed by atoms with Crippen molar-refractivity contribution >= 4 is 29.2 Å². The summed E-state index contributed by atoms with van der Waals surface area (Å²) >= 11 is 12.4. The first-order valence-electron chi connectivity index (χ1n) is 11.3. The highest BCUT2D eigenvalue weighted by molar-refractivity contribution is 6.30. The monoisotopic (exact) mass is 504 g/mol. The molecule has 1 fully saturated rings. The zero-order chi connectivity index (χ0) is 25.5. The van der Waals surface area contributed by atoms with Crippen LogP contribution in [-0.4, -0.2) is 23.7 Å². The van der Waals surface area contributed by atoms with Gasteiger partial charge in [0.25, 0.3) is 0 Å². The highest BCUT2D eigenvalue weighted by Gasteiger charge is 2.61. The lowest BCUT2D eigenvalue weighted by Crippen LogP contribution is -2.44. The molecule has 1 saturated heterocycles. The summed E-state index contributed by atoms with van der Waals surface area (Å²) in [6, 6.07) is 12.4. The Labute approximate surface area is 211 Å². The molecule has 182 valence electrons. The molecule has 0 bridgehead atoms. The molecule has 7 heteroatoms. The van der Waals surface area contributed by atoms with Crippen LogP contribution in [0.4, 0.5) is 4.39 Å². The number of benzene rings is 2. The molecule has 34 heavy (non-hydrogen) atoms. The minimum Gasteiger partial charge on any atom is -0.459 e. The SMILES string of the molecule is CC(C)(C)C[C@@H]1N[C@@H](C(=O)OC(C)(C)C)[C@H](c2cccc(Cl)c2)[C@@]1(C#N)c1ccc(Cl)cc1F. The molecule has 2 aromatic carbocycles. The molecule has 1 N–H and O–H groups in total. The maximum atomic E-state index is 15.5. The Morgan fingerprint density at radius 1 is 1.12 bits per heavy atom. The molecule has 4 nitrogen and oxygen atoms in total. The molecular weight excluding hydrogens is 474 g/mol. The van der Waals surface area contributed by atoms with Crippen molar-refractivity contribution < 1.29 is 13.9 Å². The molecule has 1 aliphatic heterocycles. The first-order valence-corrected chi connectivity index (χ1v) is 12.0. The Bertz CT molecular complexity index is 1120. The lowest BCUT2D eigenvalue weighted by Gasteiger charge is -2.37. The summed E-state index contributed by atoms with van der Waals surface area (Å²) in [5, 5.41) is 14.9. The van der Waals surface area contributed by atoms with Crippen LogP contribution >= 0.6 is 23.2 Å². The zero-order valence-corrected chi connectivity index (χ0v) is 21.9. The van der Waals surface area contributed by atoms with E-state index < -0.39 is 40.8 Å². The topological polar surface area (TPSA) is 62.1 Å². The van der Waals surface area contributed by atoms with Gasteiger partial charge in [-0.2, -0.15) is 5.26 Å². The molecular formula is C27H31Cl2FN2O2. The summed E-state index contributed by atoms with van der Waals surface area (Å²) in [7, 11) is 0. The third-order valence-corrected chi connectivity index (χ3v) is 6.47. The summed E-state index contributed by atoms with van der Waals surface area (Å²) < 4.78 is 21.2. The quantitative estimate of drug-likeness (QED) is 0.465. The summed E-state index contributed by atoms with van der Waals surface area (Å²) in [6.45, 7) is 11.5. The summed E-state index contributed by atoms with van der Waals surface area (Å²) in [5.41, 5.74) is -1.53. The Balaban J connectivity index is 2.32. The number of halogens is 3. The second-order valence-electron chi connectivity index (χ2n) is 11.1. The van der Waals surface area contributed by atoms with E-state index >= 15 is 4.39 Å². The Morgan fingerprint density at radius 2 is 1.76 bits per heavy atom. The Kier molecular flexibility index (Phi) is 7.39. The molecule has 0 unspecified atom stereocenters. The van der Waals surface area contributed by atoms with E-state index in [1.54, 1.807) is 51.1 Å². The molecule has 0 radical (unpaired) electrons. The van der Waals surface area contributed by atoms with Crippen LogP contribution < -0.4 is 5.32 Å². The fourth-order valence-corrected chi connectivity index (χ4v) is 5.23. The number of carbonyl (C=O) groups excluding carboxylic acids is 1. The fourth-order valence-electron chi connectivity index (χ4n) is 4.87. The normalized spacial score (nSPS) is 25.1. The van der Waals surface area contributed by atoms with Gasteiger partial charge in [0.05, 0.1) is 6.07 Å². The molecule has 1 aliphatic rings. The van der Waals surface area contributed by atoms with Crippen molar-refractivity contribution in [1.29, 1.82) is 5.26 Å². The molecule has 0 amide bonds. The number of carbonyl (C=O) groups is 1. The zero-order valence-electron chi connectivity index (χ0n) is 20.4. The van der Waals surface area contributed by atoms with Gasteiger partial charge in [-0.05, 0) is 62.4 Å². The first kappa shape index (κ1) is 26.5. The minimum atomic E-state index is -1.42. The molecule has 1 heterocycles. The number of ether oxygens (including phenoxy) is 1. The highest BCUT2D eigenvalue weighted by Crippen LogP contribution is 2.52. The van der Waals surface area contributed by atoms with Gasteiger partial charge < -0.3 is 4.74 Å². The number of esters is 1. The van der Waals surface area contributed by atoms with Gasteiger partial charge in [-0.3, -0.25) is 10.1 Å². The van der Waals surface area contributed by atoms with Crippen LogP contribution in [0, 0.1) is 22.6 Å². The summed E-state index contributed by atoms with van der Waals surface area (Å²) in [5.74, 6) is -1.84. The van der Waals surface area contributed by atoms with Crippen molar-refractivity contribution in [3.63, 3.8) is 0 Å². The number of rotatable bonds is 4. The van der Waals surface area contributed by atoms with Crippen LogP contribution in [0.15, 0.2) is 42.5 Å². The van der Waals surface area contributed by atoms with Gasteiger partial charge in [0, 0.05) is 27.6 Å². The van der Waals surface area contributed by atoms with E-state index in [0.29, 0.717) is 17.0 Å². The predicted octanol–water partition coefficient (Wildman–Crippen LogP) is 6.80. The molecule has 3 rings (SSSR count). The maximum Gasteiger partial charge on any atom is 0.324 e. The van der Waals surface area contributed by atoms with Gasteiger partial charge in [0.1, 0.15) is 22.9 Å². The average Bonchev–Trinajstić information content (AvgIpc) is 3.00. The Hall–Kier alpha value is -2.13. The predicted molar refractivity (Wildman–Crippen MR) is 134 cm³/mol. The van der Waals surface area contributed by atoms with Gasteiger partial charge >= 0.3 is 5.97 Å². The molecule has 0 saturated carbocycles. The summed E-state index contributed by atoms with van der Waals surface area (Å²) in [4.78, 5) is 13.5. The second kappa shape index (κ2) is 9.49. The smallest absolute Gasteiger partial charge is 0.324 e. The van der Waals surface area contributed by atoms with E-state index in [2.05, 4.69) is 11.4 Å². The standard InChI is InChI=1S/C27H31Cl2FN2O2/c1-25(2,3)14-21-27(15-31,19-11-10-18(29)13-20(19)30)22(16-8-7-9-17(28)12-16)23(32-21)24(33)34-26(4,5)6/h7-13,21-23,32H,14H2,1-6H3/t21-,22-,23+,27-/m0/s1. The van der Waals surface area contributed by atoms with E-state index in [-0.39, 0.29) is 16.0 Å². The van der Waals surface area contributed by atoms with Crippen LogP contribution in [0.25, 0.3) is 0 Å². The molecule has 0 spiro atoms. The average molecular weight is 505 g/mol. The minimum absolute atomic E-state index is 0.192. The van der Waals surface area contributed by atoms with Crippen molar-refractivity contribution in [1.82, 2.24) is 5.32 Å². The lowest BCUT2D eigenvalue weighted by molar-refractivity contribution is -0.157. The van der Waals surface area contributed by atoms with Crippen molar-refractivity contribution in [3.8, 4) is 6.07 Å². The van der Waals surface area contributed by atoms with Crippen LogP contribution in [-0.2, 0) is 14.9 Å². The van der Waals surface area contributed by atoms with E-state index in [9.17, 15) is 10.1 Å². The number of nitriles is 1. The summed E-state index contributed by atoms with van der Waals surface area (Å²) in [6.07, 6.45) is 0.513. The molecule has 0 aliphatic carbocycles. The number of nitrogens with one attached hydrogen (secondary N) is 1. The first-order chi connectivity index (χ1) is 15.7. The third-order valence-electron chi connectivity index (χ3n) is 6.00. The van der Waals surface area contributed by atoms with Crippen LogP contribution in [0.3, 0.4) is 0 Å². The lowest BCUT2D eigenvalue weighted by atomic mass is 9.63. The number of hydrogen-bond donors (Lipinski definition) is 1. The van der Waals surface area contributed by atoms with Gasteiger partial charge in [0.2, 0.25) is 0 Å². The van der Waals surface area contributed by atoms with Crippen LogP contribution in [0.5, 0.6) is 0 Å². The van der Waals surface area contributed by atoms with Gasteiger partial charge in [0.15, 0.2) is 0 Å². The van der Waals surface area contributed by atoms with Crippen LogP contribution in [0.1, 0.15) is 65.0 Å². The van der Waals surface area contributed by atoms with Gasteiger partial charge in [-0.25, -0.2) is 4.39 Å². The van der Waals surface area contributed by atoms with Gasteiger partial charge in [-0.1, -0.05) is 62.2 Å². The highest BCUT2D eigenvalue weighted by atomic mass is 35.5. The van der Waals surface area contributed by atoms with Crippen molar-refractivity contribution in [2.75, 3.05) is 0 Å². The largest absolute Gasteiger partial charge is 0.459 e. The third kappa shape index (κ3) is 5.40. The second-order valence-corrected chi connectivity index (χ2v) is 12.0. The Morgan fingerprint density at radius 3 is 2.29 bits per heavy atom. The number of hydrogen-bond acceptors (Lipinski definition) is 4. The van der Waals surface area contributed by atoms with E-state index in [4.69, 9.17) is 27.9 Å². The molecule has 2 aromatic rings. The van der Waals surface area contributed by atoms with E-state index in [1.807, 2.05) is 26.8 Å². The number of nitrogens with zero attached hydrogens (tertiary/aromatic N) is 1. The van der Waals surface area contributed by atoms with Crippen molar-refractivity contribution in [2.24, 2.45) is 5.41 Å². The molecule has 0 aromatic heterocycles. The maximum absolute atomic E-state index is 15.5. The van der Waals surface area contributed by atoms with Crippen molar-refractivity contribution in [3.05, 3.63) is 69.5 Å². The van der Waals surface area contributed by atoms with Gasteiger partial charge in [-0.15, -0.1) is 0 Å². The molecule has 4 atom stereocenters. The van der Waals surface area contributed by atoms with E-state index in [1.165, 1.54) is 6.07 Å².